The minimum atomic E-state index is -0.474. The van der Waals surface area contributed by atoms with Crippen molar-refractivity contribution >= 4 is 11.7 Å². The van der Waals surface area contributed by atoms with Crippen LogP contribution < -0.4 is 10.5 Å². The Kier molecular flexibility index (Phi) is 5.28. The Labute approximate surface area is 166 Å². The number of piperazine rings is 1. The van der Waals surface area contributed by atoms with Gasteiger partial charge in [-0.3, -0.25) is 9.59 Å². The lowest BCUT2D eigenvalue weighted by molar-refractivity contribution is -0.132. The number of nitrogens with zero attached hydrogens (tertiary/aromatic N) is 6. The van der Waals surface area contributed by atoms with E-state index in [4.69, 9.17) is 0 Å². The summed E-state index contributed by atoms with van der Waals surface area (Å²) in [6.07, 6.45) is 2.82. The molecule has 0 aliphatic carbocycles. The van der Waals surface area contributed by atoms with Gasteiger partial charge in [-0.25, -0.2) is 19.0 Å². The smallest absolute Gasteiger partial charge is 0.267 e. The van der Waals surface area contributed by atoms with Gasteiger partial charge in [-0.2, -0.15) is 5.10 Å². The van der Waals surface area contributed by atoms with Gasteiger partial charge in [-0.15, -0.1) is 0 Å². The number of benzene rings is 1. The molecule has 9 heteroatoms. The van der Waals surface area contributed by atoms with Crippen LogP contribution in [0.5, 0.6) is 0 Å². The Morgan fingerprint density at radius 3 is 2.48 bits per heavy atom. The maximum absolute atomic E-state index is 15.0. The van der Waals surface area contributed by atoms with Crippen LogP contribution >= 0.6 is 0 Å². The highest BCUT2D eigenvalue weighted by Crippen LogP contribution is 2.26. The molecule has 1 saturated heterocycles. The molecule has 29 heavy (non-hydrogen) atoms. The van der Waals surface area contributed by atoms with Gasteiger partial charge >= 0.3 is 0 Å². The Balaban J connectivity index is 1.44. The highest BCUT2D eigenvalue weighted by molar-refractivity contribution is 5.76. The van der Waals surface area contributed by atoms with Crippen molar-refractivity contribution in [3.05, 3.63) is 71.2 Å². The van der Waals surface area contributed by atoms with E-state index in [9.17, 15) is 9.59 Å². The van der Waals surface area contributed by atoms with E-state index in [1.807, 2.05) is 18.2 Å². The first-order chi connectivity index (χ1) is 14.1. The van der Waals surface area contributed by atoms with Gasteiger partial charge in [0.1, 0.15) is 18.6 Å². The third-order valence-electron chi connectivity index (χ3n) is 4.82. The van der Waals surface area contributed by atoms with Crippen molar-refractivity contribution in [3.8, 4) is 11.3 Å². The second kappa shape index (κ2) is 8.17. The zero-order valence-electron chi connectivity index (χ0n) is 15.6. The molecule has 8 nitrogen and oxygen atoms in total. The van der Waals surface area contributed by atoms with Crippen LogP contribution in [0, 0.1) is 5.82 Å². The second-order valence-electron chi connectivity index (χ2n) is 6.61. The zero-order valence-corrected chi connectivity index (χ0v) is 15.6. The predicted octanol–water partition coefficient (Wildman–Crippen LogP) is 1.19. The fourth-order valence-corrected chi connectivity index (χ4v) is 3.28. The van der Waals surface area contributed by atoms with Crippen LogP contribution in [0.1, 0.15) is 0 Å². The van der Waals surface area contributed by atoms with E-state index in [0.717, 1.165) is 4.68 Å². The lowest BCUT2D eigenvalue weighted by Gasteiger charge is -2.35. The van der Waals surface area contributed by atoms with Crippen molar-refractivity contribution in [2.45, 2.75) is 6.54 Å². The number of hydrogen-bond acceptors (Lipinski definition) is 6. The van der Waals surface area contributed by atoms with Crippen molar-refractivity contribution in [1.29, 1.82) is 0 Å². The summed E-state index contributed by atoms with van der Waals surface area (Å²) in [6.45, 7) is 1.57. The molecule has 0 bridgehead atoms. The number of anilines is 1. The van der Waals surface area contributed by atoms with Gasteiger partial charge in [-0.05, 0) is 6.07 Å². The molecule has 3 aromatic rings. The summed E-state index contributed by atoms with van der Waals surface area (Å²) in [5.41, 5.74) is 0.614. The van der Waals surface area contributed by atoms with Crippen molar-refractivity contribution in [2.24, 2.45) is 0 Å². The first-order valence-corrected chi connectivity index (χ1v) is 9.24. The summed E-state index contributed by atoms with van der Waals surface area (Å²) >= 11 is 0. The third-order valence-corrected chi connectivity index (χ3v) is 4.82. The van der Waals surface area contributed by atoms with Crippen LogP contribution in [0.3, 0.4) is 0 Å². The molecule has 148 valence electrons. The molecule has 0 spiro atoms. The highest BCUT2D eigenvalue weighted by atomic mass is 19.1. The normalized spacial score (nSPS) is 14.1. The monoisotopic (exact) mass is 394 g/mol. The topological polar surface area (TPSA) is 84.2 Å². The molecule has 0 unspecified atom stereocenters. The number of carbonyl (C=O) groups excluding carboxylic acids is 1. The second-order valence-corrected chi connectivity index (χ2v) is 6.61. The summed E-state index contributed by atoms with van der Waals surface area (Å²) in [5.74, 6) is -0.441. The number of hydrogen-bond donors (Lipinski definition) is 0. The van der Waals surface area contributed by atoms with Gasteiger partial charge in [0, 0.05) is 44.0 Å². The van der Waals surface area contributed by atoms with Crippen LogP contribution in [-0.4, -0.2) is 56.7 Å². The maximum atomic E-state index is 15.0. The standard InChI is InChI=1S/C20H19FN6O2/c21-18-19(15-5-2-1-3-6-15)22-14-23-20(18)26-11-9-25(10-12-26)17(29)13-27-16(28)7-4-8-24-27/h1-8,14H,9-13H2. The fraction of sp³-hybridized carbons (Fsp3) is 0.250. The van der Waals surface area contributed by atoms with E-state index in [0.29, 0.717) is 31.7 Å². The van der Waals surface area contributed by atoms with E-state index in [1.54, 1.807) is 21.9 Å². The molecule has 1 aliphatic heterocycles. The quantitative estimate of drug-likeness (QED) is 0.661. The molecular formula is C20H19FN6O2. The highest BCUT2D eigenvalue weighted by Gasteiger charge is 2.25. The van der Waals surface area contributed by atoms with Crippen LogP contribution in [0.2, 0.25) is 0 Å². The average Bonchev–Trinajstić information content (AvgIpc) is 2.76. The first kappa shape index (κ1) is 18.7. The van der Waals surface area contributed by atoms with Crippen molar-refractivity contribution < 1.29 is 9.18 Å². The Morgan fingerprint density at radius 1 is 1.00 bits per heavy atom. The molecule has 1 amide bonds. The lowest BCUT2D eigenvalue weighted by Crippen LogP contribution is -2.50. The molecule has 4 rings (SSSR count). The number of rotatable bonds is 4. The molecule has 0 radical (unpaired) electrons. The maximum Gasteiger partial charge on any atom is 0.267 e. The average molecular weight is 394 g/mol. The first-order valence-electron chi connectivity index (χ1n) is 9.24. The van der Waals surface area contributed by atoms with Crippen molar-refractivity contribution in [3.63, 3.8) is 0 Å². The van der Waals surface area contributed by atoms with E-state index in [2.05, 4.69) is 15.1 Å². The third kappa shape index (κ3) is 3.98. The largest absolute Gasteiger partial charge is 0.351 e. The Bertz CT molecular complexity index is 1060. The minimum absolute atomic E-state index is 0.111. The summed E-state index contributed by atoms with van der Waals surface area (Å²) in [6, 6.07) is 12.0. The molecule has 0 N–H and O–H groups in total. The Hall–Kier alpha value is -3.62. The molecule has 1 aromatic carbocycles. The summed E-state index contributed by atoms with van der Waals surface area (Å²) in [7, 11) is 0. The van der Waals surface area contributed by atoms with Crippen molar-refractivity contribution in [1.82, 2.24) is 24.6 Å². The number of amides is 1. The van der Waals surface area contributed by atoms with Crippen molar-refractivity contribution in [2.75, 3.05) is 31.1 Å². The van der Waals surface area contributed by atoms with Gasteiger partial charge in [0.15, 0.2) is 11.6 Å². The van der Waals surface area contributed by atoms with Gasteiger partial charge in [-0.1, -0.05) is 30.3 Å². The van der Waals surface area contributed by atoms with E-state index < -0.39 is 5.82 Å². The summed E-state index contributed by atoms with van der Waals surface area (Å²) in [4.78, 5) is 35.9. The summed E-state index contributed by atoms with van der Waals surface area (Å²) in [5, 5.41) is 3.91. The van der Waals surface area contributed by atoms with Gasteiger partial charge < -0.3 is 9.80 Å². The number of carbonyl (C=O) groups is 1. The molecule has 2 aromatic heterocycles. The molecular weight excluding hydrogens is 375 g/mol. The SMILES string of the molecule is O=C(Cn1ncccc1=O)N1CCN(c2ncnc(-c3ccccc3)c2F)CC1. The van der Waals surface area contributed by atoms with E-state index in [-0.39, 0.29) is 29.5 Å². The number of halogens is 1. The predicted molar refractivity (Wildman–Crippen MR) is 105 cm³/mol. The zero-order chi connectivity index (χ0) is 20.2. The van der Waals surface area contributed by atoms with Gasteiger partial charge in [0.2, 0.25) is 5.91 Å². The van der Waals surface area contributed by atoms with Crippen LogP contribution in [-0.2, 0) is 11.3 Å². The van der Waals surface area contributed by atoms with Crippen LogP contribution in [0.25, 0.3) is 11.3 Å². The molecule has 3 heterocycles. The van der Waals surface area contributed by atoms with Crippen LogP contribution in [0.4, 0.5) is 10.2 Å². The van der Waals surface area contributed by atoms with E-state index >= 15 is 4.39 Å². The molecule has 0 atom stereocenters. The van der Waals surface area contributed by atoms with Gasteiger partial charge in [0.05, 0.1) is 0 Å². The summed E-state index contributed by atoms with van der Waals surface area (Å²) < 4.78 is 16.2. The fourth-order valence-electron chi connectivity index (χ4n) is 3.28. The van der Waals surface area contributed by atoms with E-state index in [1.165, 1.54) is 24.7 Å². The van der Waals surface area contributed by atoms with Crippen LogP contribution in [0.15, 0.2) is 59.8 Å². The lowest BCUT2D eigenvalue weighted by atomic mass is 10.1. The molecule has 1 aliphatic rings. The molecule has 0 saturated carbocycles. The number of aromatic nitrogens is 4. The van der Waals surface area contributed by atoms with Gasteiger partial charge in [0.25, 0.3) is 5.56 Å². The Morgan fingerprint density at radius 2 is 1.76 bits per heavy atom. The minimum Gasteiger partial charge on any atom is -0.351 e. The molecule has 1 fully saturated rings.